The van der Waals surface area contributed by atoms with E-state index in [1.165, 1.54) is 32.1 Å². The molecule has 4 rings (SSSR count). The van der Waals surface area contributed by atoms with Crippen molar-refractivity contribution in [2.24, 2.45) is 13.0 Å². The van der Waals surface area contributed by atoms with E-state index in [-0.39, 0.29) is 6.04 Å². The summed E-state index contributed by atoms with van der Waals surface area (Å²) in [4.78, 5) is 15.3. The molecular weight excluding hydrogens is 340 g/mol. The molecule has 1 aliphatic carbocycles. The molecule has 2 aromatic heterocycles. The largest absolute Gasteiger partial charge is 0.356 e. The first-order valence-corrected chi connectivity index (χ1v) is 10.4. The lowest BCUT2D eigenvalue weighted by Crippen LogP contribution is -2.39. The van der Waals surface area contributed by atoms with Crippen LogP contribution >= 0.6 is 0 Å². The predicted octanol–water partition coefficient (Wildman–Crippen LogP) is 4.41. The van der Waals surface area contributed by atoms with E-state index in [2.05, 4.69) is 10.1 Å². The van der Waals surface area contributed by atoms with E-state index in [4.69, 9.17) is 9.62 Å². The van der Waals surface area contributed by atoms with Crippen molar-refractivity contribution in [3.8, 4) is 11.3 Å². The van der Waals surface area contributed by atoms with Crippen molar-refractivity contribution in [2.45, 2.75) is 70.8 Å². The molecule has 3 heterocycles. The highest BCUT2D eigenvalue weighted by molar-refractivity contribution is 5.77. The first kappa shape index (κ1) is 18.3. The van der Waals surface area contributed by atoms with Gasteiger partial charge in [-0.25, -0.2) is 0 Å². The van der Waals surface area contributed by atoms with Crippen LogP contribution in [-0.2, 0) is 11.8 Å². The number of hydrogen-bond donors (Lipinski definition) is 0. The van der Waals surface area contributed by atoms with Gasteiger partial charge >= 0.3 is 0 Å². The number of carbonyl (C=O) groups is 1. The fourth-order valence-corrected chi connectivity index (χ4v) is 4.70. The Bertz CT molecular complexity index is 788. The highest BCUT2D eigenvalue weighted by atomic mass is 16.5. The molecule has 1 unspecified atom stereocenters. The number of rotatable bonds is 4. The molecule has 6 nitrogen and oxygen atoms in total. The Hall–Kier alpha value is -2.11. The molecule has 146 valence electrons. The van der Waals surface area contributed by atoms with Crippen molar-refractivity contribution in [3.05, 3.63) is 23.7 Å². The Kier molecular flexibility index (Phi) is 5.32. The van der Waals surface area contributed by atoms with Gasteiger partial charge in [0.25, 0.3) is 0 Å². The lowest BCUT2D eigenvalue weighted by atomic mass is 9.86. The average Bonchev–Trinajstić information content (AvgIpc) is 3.28. The Labute approximate surface area is 160 Å². The topological polar surface area (TPSA) is 64.2 Å². The molecule has 6 heteroatoms. The number of amides is 1. The monoisotopic (exact) mass is 370 g/mol. The second kappa shape index (κ2) is 7.87. The molecule has 2 fully saturated rings. The zero-order chi connectivity index (χ0) is 18.8. The molecule has 0 spiro atoms. The normalized spacial score (nSPS) is 21.6. The second-order valence-electron chi connectivity index (χ2n) is 8.24. The number of aromatic nitrogens is 3. The molecule has 0 N–H and O–H groups in total. The predicted molar refractivity (Wildman–Crippen MR) is 103 cm³/mol. The van der Waals surface area contributed by atoms with Gasteiger partial charge in [-0.05, 0) is 44.9 Å². The minimum Gasteiger partial charge on any atom is -0.356 e. The number of nitrogens with zero attached hydrogens (tertiary/aromatic N) is 4. The highest BCUT2D eigenvalue weighted by Crippen LogP contribution is 2.37. The third kappa shape index (κ3) is 3.94. The first-order chi connectivity index (χ1) is 13.1. The molecule has 1 atom stereocenters. The number of piperidine rings is 1. The maximum atomic E-state index is 13.2. The summed E-state index contributed by atoms with van der Waals surface area (Å²) in [6.45, 7) is 2.76. The maximum absolute atomic E-state index is 13.2. The number of hydrogen-bond acceptors (Lipinski definition) is 4. The molecule has 0 bridgehead atoms. The van der Waals surface area contributed by atoms with Gasteiger partial charge in [0.1, 0.15) is 0 Å². The van der Waals surface area contributed by atoms with Gasteiger partial charge in [-0.3, -0.25) is 9.48 Å². The Morgan fingerprint density at radius 3 is 2.70 bits per heavy atom. The zero-order valence-corrected chi connectivity index (χ0v) is 16.5. The summed E-state index contributed by atoms with van der Waals surface area (Å²) >= 11 is 0. The third-order valence-corrected chi connectivity index (χ3v) is 6.08. The summed E-state index contributed by atoms with van der Waals surface area (Å²) < 4.78 is 7.33. The van der Waals surface area contributed by atoms with Crippen molar-refractivity contribution in [3.63, 3.8) is 0 Å². The van der Waals surface area contributed by atoms with E-state index >= 15 is 0 Å². The summed E-state index contributed by atoms with van der Waals surface area (Å²) in [7, 11) is 1.92. The summed E-state index contributed by atoms with van der Waals surface area (Å²) in [5, 5.41) is 8.76. The summed E-state index contributed by atoms with van der Waals surface area (Å²) in [5.41, 5.74) is 2.76. The van der Waals surface area contributed by atoms with Crippen molar-refractivity contribution in [1.29, 1.82) is 0 Å². The third-order valence-electron chi connectivity index (χ3n) is 6.08. The van der Waals surface area contributed by atoms with Crippen LogP contribution in [0.15, 0.2) is 16.8 Å². The SMILES string of the molecule is Cc1cc(-c2cn(C)nc2C2CCCCN2C(=O)CC2CCCCC2)on1. The number of aryl methyl sites for hydroxylation is 2. The lowest BCUT2D eigenvalue weighted by molar-refractivity contribution is -0.136. The van der Waals surface area contributed by atoms with Gasteiger partial charge in [0, 0.05) is 32.3 Å². The number of likely N-dealkylation sites (tertiary alicyclic amines) is 1. The van der Waals surface area contributed by atoms with Gasteiger partial charge in [0.05, 0.1) is 23.0 Å². The van der Waals surface area contributed by atoms with Gasteiger partial charge in [0.2, 0.25) is 5.91 Å². The van der Waals surface area contributed by atoms with Gasteiger partial charge in [-0.15, -0.1) is 0 Å². The minimum absolute atomic E-state index is 0.0384. The maximum Gasteiger partial charge on any atom is 0.223 e. The van der Waals surface area contributed by atoms with Crippen LogP contribution in [0.2, 0.25) is 0 Å². The van der Waals surface area contributed by atoms with Crippen molar-refractivity contribution < 1.29 is 9.32 Å². The summed E-state index contributed by atoms with van der Waals surface area (Å²) in [6.07, 6.45) is 12.1. The fourth-order valence-electron chi connectivity index (χ4n) is 4.70. The zero-order valence-electron chi connectivity index (χ0n) is 16.5. The van der Waals surface area contributed by atoms with E-state index < -0.39 is 0 Å². The fraction of sp³-hybridized carbons (Fsp3) is 0.667. The molecule has 1 saturated heterocycles. The van der Waals surface area contributed by atoms with E-state index in [0.29, 0.717) is 18.2 Å². The summed E-state index contributed by atoms with van der Waals surface area (Å²) in [5.74, 6) is 1.60. The molecule has 0 radical (unpaired) electrons. The molecule has 27 heavy (non-hydrogen) atoms. The van der Waals surface area contributed by atoms with Crippen LogP contribution in [0.5, 0.6) is 0 Å². The van der Waals surface area contributed by atoms with Crippen LogP contribution in [0, 0.1) is 12.8 Å². The first-order valence-electron chi connectivity index (χ1n) is 10.4. The standard InChI is InChI=1S/C21H30N4O2/c1-15-12-19(27-23-15)17-14-24(2)22-21(17)18-10-6-7-11-25(18)20(26)13-16-8-4-3-5-9-16/h12,14,16,18H,3-11,13H2,1-2H3. The molecule has 1 amide bonds. The Balaban J connectivity index is 1.58. The van der Waals surface area contributed by atoms with E-state index in [0.717, 1.165) is 48.5 Å². The average molecular weight is 370 g/mol. The summed E-state index contributed by atoms with van der Waals surface area (Å²) in [6, 6.07) is 1.98. The van der Waals surface area contributed by atoms with Crippen molar-refractivity contribution in [2.75, 3.05) is 6.54 Å². The molecule has 2 aromatic rings. The molecule has 1 saturated carbocycles. The van der Waals surface area contributed by atoms with Gasteiger partial charge in [0.15, 0.2) is 5.76 Å². The van der Waals surface area contributed by atoms with Gasteiger partial charge in [-0.2, -0.15) is 5.10 Å². The van der Waals surface area contributed by atoms with Gasteiger partial charge < -0.3 is 9.42 Å². The molecular formula is C21H30N4O2. The number of carbonyl (C=O) groups excluding carboxylic acids is 1. The molecule has 0 aromatic carbocycles. The van der Waals surface area contributed by atoms with Crippen LogP contribution < -0.4 is 0 Å². The van der Waals surface area contributed by atoms with Crippen LogP contribution in [-0.4, -0.2) is 32.3 Å². The Morgan fingerprint density at radius 2 is 1.96 bits per heavy atom. The quantitative estimate of drug-likeness (QED) is 0.800. The Morgan fingerprint density at radius 1 is 1.19 bits per heavy atom. The van der Waals surface area contributed by atoms with Crippen LogP contribution in [0.1, 0.15) is 75.2 Å². The van der Waals surface area contributed by atoms with Gasteiger partial charge in [-0.1, -0.05) is 24.4 Å². The molecule has 2 aliphatic rings. The smallest absolute Gasteiger partial charge is 0.223 e. The van der Waals surface area contributed by atoms with E-state index in [1.54, 1.807) is 0 Å². The van der Waals surface area contributed by atoms with Crippen LogP contribution in [0.25, 0.3) is 11.3 Å². The minimum atomic E-state index is 0.0384. The lowest BCUT2D eigenvalue weighted by Gasteiger charge is -2.36. The van der Waals surface area contributed by atoms with Crippen LogP contribution in [0.3, 0.4) is 0 Å². The van der Waals surface area contributed by atoms with E-state index in [9.17, 15) is 4.79 Å². The van der Waals surface area contributed by atoms with Crippen molar-refractivity contribution >= 4 is 5.91 Å². The molecule has 1 aliphatic heterocycles. The second-order valence-corrected chi connectivity index (χ2v) is 8.24. The van der Waals surface area contributed by atoms with Crippen molar-refractivity contribution in [1.82, 2.24) is 19.8 Å². The van der Waals surface area contributed by atoms with Crippen LogP contribution in [0.4, 0.5) is 0 Å². The van der Waals surface area contributed by atoms with E-state index in [1.807, 2.05) is 30.9 Å². The highest BCUT2D eigenvalue weighted by Gasteiger charge is 2.33.